The van der Waals surface area contributed by atoms with Gasteiger partial charge in [-0.25, -0.2) is 0 Å². The van der Waals surface area contributed by atoms with E-state index in [0.717, 1.165) is 26.1 Å². The van der Waals surface area contributed by atoms with Crippen molar-refractivity contribution >= 4 is 5.91 Å². The lowest BCUT2D eigenvalue weighted by atomic mass is 9.75. The third kappa shape index (κ3) is 4.96. The molecule has 0 bridgehead atoms. The van der Waals surface area contributed by atoms with Gasteiger partial charge in [0.05, 0.1) is 6.17 Å². The fourth-order valence-corrected chi connectivity index (χ4v) is 6.80. The van der Waals surface area contributed by atoms with Gasteiger partial charge in [-0.2, -0.15) is 5.48 Å². The highest BCUT2D eigenvalue weighted by Gasteiger charge is 2.45. The predicted molar refractivity (Wildman–Crippen MR) is 121 cm³/mol. The van der Waals surface area contributed by atoms with Crippen molar-refractivity contribution in [1.29, 1.82) is 0 Å². The fraction of sp³-hybridized carbons (Fsp3) is 0.958. The Morgan fingerprint density at radius 2 is 1.74 bits per heavy atom. The van der Waals surface area contributed by atoms with Crippen molar-refractivity contribution in [2.45, 2.75) is 95.6 Å². The summed E-state index contributed by atoms with van der Waals surface area (Å²) in [7, 11) is 0. The molecule has 3 saturated heterocycles. The maximum absolute atomic E-state index is 13.2. The first-order valence-electron chi connectivity index (χ1n) is 13.0. The number of rotatable bonds is 5. The van der Waals surface area contributed by atoms with E-state index in [1.165, 1.54) is 44.9 Å². The van der Waals surface area contributed by atoms with Gasteiger partial charge in [0, 0.05) is 30.6 Å². The average molecular weight is 434 g/mol. The van der Waals surface area contributed by atoms with Gasteiger partial charge in [0.1, 0.15) is 0 Å². The van der Waals surface area contributed by atoms with E-state index in [4.69, 9.17) is 4.84 Å². The Morgan fingerprint density at radius 1 is 0.935 bits per heavy atom. The molecule has 8 unspecified atom stereocenters. The molecule has 176 valence electrons. The third-order valence-electron chi connectivity index (χ3n) is 8.79. The summed E-state index contributed by atoms with van der Waals surface area (Å²) >= 11 is 0. The summed E-state index contributed by atoms with van der Waals surface area (Å²) in [5, 5.41) is 14.6. The van der Waals surface area contributed by atoms with Crippen LogP contribution >= 0.6 is 0 Å². The minimum atomic E-state index is -0.352. The van der Waals surface area contributed by atoms with Crippen LogP contribution in [0, 0.1) is 29.6 Å². The van der Waals surface area contributed by atoms with E-state index in [2.05, 4.69) is 40.6 Å². The summed E-state index contributed by atoms with van der Waals surface area (Å²) in [6.45, 7) is 7.91. The van der Waals surface area contributed by atoms with Gasteiger partial charge in [-0.1, -0.05) is 20.3 Å². The van der Waals surface area contributed by atoms with Crippen LogP contribution in [0.25, 0.3) is 0 Å². The normalized spacial score (nSPS) is 43.1. The van der Waals surface area contributed by atoms with Crippen LogP contribution in [-0.2, 0) is 9.63 Å². The SMILES string of the molecule is CC1CCCC2CC(C(=O)NC(C3CC3)C3NCC(C4NCCCN4)CC3C)ONC12. The Balaban J connectivity index is 1.17. The molecule has 7 nitrogen and oxygen atoms in total. The van der Waals surface area contributed by atoms with E-state index >= 15 is 0 Å². The summed E-state index contributed by atoms with van der Waals surface area (Å²) in [6, 6.07) is 0.994. The molecule has 1 amide bonds. The molecule has 3 aliphatic heterocycles. The van der Waals surface area contributed by atoms with E-state index in [0.29, 0.717) is 47.8 Å². The second kappa shape index (κ2) is 9.64. The van der Waals surface area contributed by atoms with Crippen LogP contribution in [0.1, 0.15) is 65.2 Å². The Bertz CT molecular complexity index is 623. The van der Waals surface area contributed by atoms with Crippen molar-refractivity contribution in [1.82, 2.24) is 26.7 Å². The lowest BCUT2D eigenvalue weighted by Gasteiger charge is -2.45. The first-order chi connectivity index (χ1) is 15.1. The van der Waals surface area contributed by atoms with E-state index in [-0.39, 0.29) is 18.1 Å². The number of carbonyl (C=O) groups excluding carboxylic acids is 1. The quantitative estimate of drug-likeness (QED) is 0.452. The van der Waals surface area contributed by atoms with Crippen molar-refractivity contribution in [3.63, 3.8) is 0 Å². The Labute approximate surface area is 187 Å². The predicted octanol–water partition coefficient (Wildman–Crippen LogP) is 1.50. The molecule has 2 aliphatic carbocycles. The molecule has 0 spiro atoms. The average Bonchev–Trinajstić information content (AvgIpc) is 3.63. The number of hydrogen-bond acceptors (Lipinski definition) is 6. The number of carbonyl (C=O) groups is 1. The van der Waals surface area contributed by atoms with Crippen LogP contribution < -0.4 is 26.7 Å². The summed E-state index contributed by atoms with van der Waals surface area (Å²) in [5.41, 5.74) is 3.26. The number of piperidine rings is 1. The van der Waals surface area contributed by atoms with Gasteiger partial charge in [-0.15, -0.1) is 0 Å². The van der Waals surface area contributed by atoms with Gasteiger partial charge in [0.2, 0.25) is 0 Å². The van der Waals surface area contributed by atoms with Crippen molar-refractivity contribution in [3.8, 4) is 0 Å². The smallest absolute Gasteiger partial charge is 0.251 e. The first-order valence-corrected chi connectivity index (χ1v) is 13.0. The minimum absolute atomic E-state index is 0.0906. The fourth-order valence-electron chi connectivity index (χ4n) is 6.80. The number of hydroxylamine groups is 1. The highest BCUT2D eigenvalue weighted by atomic mass is 16.7. The molecule has 5 fully saturated rings. The van der Waals surface area contributed by atoms with Crippen molar-refractivity contribution < 1.29 is 9.63 Å². The summed E-state index contributed by atoms with van der Waals surface area (Å²) in [6.07, 6.45) is 9.56. The zero-order chi connectivity index (χ0) is 21.4. The molecule has 8 atom stereocenters. The van der Waals surface area contributed by atoms with Crippen molar-refractivity contribution in [2.75, 3.05) is 19.6 Å². The monoisotopic (exact) mass is 433 g/mol. The molecule has 0 aromatic heterocycles. The van der Waals surface area contributed by atoms with E-state index < -0.39 is 0 Å². The second-order valence-corrected chi connectivity index (χ2v) is 11.2. The van der Waals surface area contributed by atoms with Crippen molar-refractivity contribution in [3.05, 3.63) is 0 Å². The van der Waals surface area contributed by atoms with Crippen LogP contribution in [0.4, 0.5) is 0 Å². The van der Waals surface area contributed by atoms with Gasteiger partial charge < -0.3 is 21.3 Å². The molecule has 5 aliphatic rings. The highest BCUT2D eigenvalue weighted by molar-refractivity contribution is 5.81. The largest absolute Gasteiger partial charge is 0.349 e. The number of amides is 1. The van der Waals surface area contributed by atoms with Gasteiger partial charge in [0.15, 0.2) is 6.10 Å². The maximum atomic E-state index is 13.2. The number of nitrogens with one attached hydrogen (secondary N) is 5. The minimum Gasteiger partial charge on any atom is -0.349 e. The maximum Gasteiger partial charge on any atom is 0.251 e. The van der Waals surface area contributed by atoms with Crippen LogP contribution in [0.2, 0.25) is 0 Å². The summed E-state index contributed by atoms with van der Waals surface area (Å²) < 4.78 is 0. The summed E-state index contributed by atoms with van der Waals surface area (Å²) in [5.74, 6) is 3.06. The van der Waals surface area contributed by atoms with E-state index in [9.17, 15) is 4.79 Å². The van der Waals surface area contributed by atoms with Gasteiger partial charge in [0.25, 0.3) is 5.91 Å². The zero-order valence-corrected chi connectivity index (χ0v) is 19.4. The first kappa shape index (κ1) is 22.1. The molecule has 7 heteroatoms. The molecule has 0 radical (unpaired) electrons. The molecule has 31 heavy (non-hydrogen) atoms. The molecular weight excluding hydrogens is 390 g/mol. The molecule has 5 N–H and O–H groups in total. The van der Waals surface area contributed by atoms with E-state index in [1.54, 1.807) is 0 Å². The number of hydrogen-bond donors (Lipinski definition) is 5. The molecule has 3 heterocycles. The Hall–Kier alpha value is -0.730. The highest BCUT2D eigenvalue weighted by Crippen LogP contribution is 2.39. The van der Waals surface area contributed by atoms with Crippen molar-refractivity contribution in [2.24, 2.45) is 29.6 Å². The second-order valence-electron chi connectivity index (χ2n) is 11.2. The third-order valence-corrected chi connectivity index (χ3v) is 8.79. The number of fused-ring (bicyclic) bond motifs is 1. The van der Waals surface area contributed by atoms with Gasteiger partial charge in [-0.05, 0) is 81.7 Å². The van der Waals surface area contributed by atoms with Crippen LogP contribution in [0.15, 0.2) is 0 Å². The van der Waals surface area contributed by atoms with Crippen LogP contribution in [0.3, 0.4) is 0 Å². The molecule has 0 aromatic carbocycles. The molecular formula is C24H43N5O2. The molecule has 0 aromatic rings. The molecule has 2 saturated carbocycles. The van der Waals surface area contributed by atoms with Gasteiger partial charge in [-0.3, -0.25) is 9.63 Å². The lowest BCUT2D eigenvalue weighted by molar-refractivity contribution is -0.159. The standard InChI is InChI=1S/C24H43N5O2/c1-14-5-3-6-17-12-19(31-29-20(14)17)24(30)28-22(16-7-8-16)21-15(2)11-18(13-27-21)23-25-9-4-10-26-23/h14-23,25-27,29H,3-13H2,1-2H3,(H,28,30). The van der Waals surface area contributed by atoms with Crippen LogP contribution in [-0.4, -0.2) is 55.9 Å². The Kier molecular flexibility index (Phi) is 6.86. The Morgan fingerprint density at radius 3 is 2.48 bits per heavy atom. The van der Waals surface area contributed by atoms with E-state index in [1.807, 2.05) is 0 Å². The van der Waals surface area contributed by atoms with Crippen LogP contribution in [0.5, 0.6) is 0 Å². The van der Waals surface area contributed by atoms with Gasteiger partial charge >= 0.3 is 0 Å². The summed E-state index contributed by atoms with van der Waals surface area (Å²) in [4.78, 5) is 19.1. The topological polar surface area (TPSA) is 86.5 Å². The molecule has 5 rings (SSSR count). The zero-order valence-electron chi connectivity index (χ0n) is 19.4. The lowest BCUT2D eigenvalue weighted by Crippen LogP contribution is -2.63.